The van der Waals surface area contributed by atoms with Gasteiger partial charge in [0.25, 0.3) is 5.91 Å². The SMILES string of the molecule is COc1ccc(NC(=O)c2cnn(-c3cccc(C(F)(F)F)c3)c2C(F)(F)F)cc1F. The summed E-state index contributed by atoms with van der Waals surface area (Å²) in [5, 5.41) is 5.55. The van der Waals surface area contributed by atoms with E-state index in [1.807, 2.05) is 0 Å². The van der Waals surface area contributed by atoms with Gasteiger partial charge in [0, 0.05) is 11.8 Å². The molecule has 3 aromatic rings. The van der Waals surface area contributed by atoms with Crippen molar-refractivity contribution in [2.75, 3.05) is 12.4 Å². The Balaban J connectivity index is 2.02. The molecule has 1 N–H and O–H groups in total. The Hall–Kier alpha value is -3.57. The molecule has 5 nitrogen and oxygen atoms in total. The van der Waals surface area contributed by atoms with E-state index in [9.17, 15) is 35.5 Å². The summed E-state index contributed by atoms with van der Waals surface area (Å²) in [5.74, 6) is -2.29. The summed E-state index contributed by atoms with van der Waals surface area (Å²) < 4.78 is 98.5. The number of halogens is 7. The number of carbonyl (C=O) groups is 1. The molecule has 0 bridgehead atoms. The molecule has 0 unspecified atom stereocenters. The fourth-order valence-corrected chi connectivity index (χ4v) is 2.74. The number of nitrogens with one attached hydrogen (secondary N) is 1. The summed E-state index contributed by atoms with van der Waals surface area (Å²) in [4.78, 5) is 12.4. The third-order valence-electron chi connectivity index (χ3n) is 4.11. The van der Waals surface area contributed by atoms with E-state index in [0.717, 1.165) is 24.3 Å². The molecule has 0 spiro atoms. The van der Waals surface area contributed by atoms with Crippen LogP contribution in [0.15, 0.2) is 48.7 Å². The number of anilines is 1. The molecule has 1 aromatic heterocycles. The first-order valence-electron chi connectivity index (χ1n) is 8.39. The zero-order valence-corrected chi connectivity index (χ0v) is 15.5. The second kappa shape index (κ2) is 7.93. The molecule has 0 radical (unpaired) electrons. The van der Waals surface area contributed by atoms with Crippen LogP contribution < -0.4 is 10.1 Å². The molecule has 1 amide bonds. The van der Waals surface area contributed by atoms with Crippen LogP contribution in [0.2, 0.25) is 0 Å². The topological polar surface area (TPSA) is 56.1 Å². The van der Waals surface area contributed by atoms with Gasteiger partial charge in [-0.05, 0) is 30.3 Å². The Labute approximate surface area is 170 Å². The number of aromatic nitrogens is 2. The van der Waals surface area contributed by atoms with E-state index < -0.39 is 46.6 Å². The second-order valence-electron chi connectivity index (χ2n) is 6.17. The van der Waals surface area contributed by atoms with Gasteiger partial charge in [-0.25, -0.2) is 9.07 Å². The minimum absolute atomic E-state index is 0.147. The summed E-state index contributed by atoms with van der Waals surface area (Å²) >= 11 is 0. The number of benzene rings is 2. The Kier molecular flexibility index (Phi) is 5.66. The zero-order valence-electron chi connectivity index (χ0n) is 15.5. The van der Waals surface area contributed by atoms with Gasteiger partial charge in [0.2, 0.25) is 0 Å². The summed E-state index contributed by atoms with van der Waals surface area (Å²) in [6.45, 7) is 0. The number of ether oxygens (including phenoxy) is 1. The maximum Gasteiger partial charge on any atom is 0.434 e. The number of hydrogen-bond acceptors (Lipinski definition) is 3. The first-order valence-corrected chi connectivity index (χ1v) is 8.39. The number of nitrogens with zero attached hydrogens (tertiary/aromatic N) is 2. The zero-order chi connectivity index (χ0) is 23.0. The minimum atomic E-state index is -5.14. The fraction of sp³-hybridized carbons (Fsp3) is 0.158. The molecular weight excluding hydrogens is 435 g/mol. The molecule has 0 atom stereocenters. The first-order chi connectivity index (χ1) is 14.4. The molecule has 1 heterocycles. The summed E-state index contributed by atoms with van der Waals surface area (Å²) in [7, 11) is 1.20. The van der Waals surface area contributed by atoms with E-state index >= 15 is 0 Å². The highest BCUT2D eigenvalue weighted by Gasteiger charge is 2.41. The Morgan fingerprint density at radius 3 is 2.32 bits per heavy atom. The van der Waals surface area contributed by atoms with Crippen LogP contribution in [-0.2, 0) is 12.4 Å². The summed E-state index contributed by atoms with van der Waals surface area (Å²) in [6, 6.07) is 6.25. The molecule has 0 saturated heterocycles. The summed E-state index contributed by atoms with van der Waals surface area (Å²) in [5.41, 5.74) is -4.44. The van der Waals surface area contributed by atoms with Gasteiger partial charge in [0.05, 0.1) is 30.1 Å². The van der Waals surface area contributed by atoms with Gasteiger partial charge in [-0.2, -0.15) is 31.4 Å². The highest BCUT2D eigenvalue weighted by molar-refractivity contribution is 6.05. The van der Waals surface area contributed by atoms with Gasteiger partial charge < -0.3 is 10.1 Å². The van der Waals surface area contributed by atoms with E-state index in [4.69, 9.17) is 4.74 Å². The van der Waals surface area contributed by atoms with Crippen LogP contribution >= 0.6 is 0 Å². The molecule has 2 aromatic carbocycles. The average molecular weight is 447 g/mol. The highest BCUT2D eigenvalue weighted by Crippen LogP contribution is 2.36. The van der Waals surface area contributed by atoms with Crippen LogP contribution in [0.25, 0.3) is 5.69 Å². The van der Waals surface area contributed by atoms with Gasteiger partial charge >= 0.3 is 12.4 Å². The highest BCUT2D eigenvalue weighted by atomic mass is 19.4. The van der Waals surface area contributed by atoms with Crippen molar-refractivity contribution in [2.24, 2.45) is 0 Å². The van der Waals surface area contributed by atoms with Gasteiger partial charge in [-0.3, -0.25) is 4.79 Å². The molecule has 0 fully saturated rings. The predicted molar refractivity (Wildman–Crippen MR) is 94.5 cm³/mol. The van der Waals surface area contributed by atoms with Crippen molar-refractivity contribution in [3.63, 3.8) is 0 Å². The van der Waals surface area contributed by atoms with Crippen LogP contribution in [0.1, 0.15) is 21.6 Å². The van der Waals surface area contributed by atoms with Crippen molar-refractivity contribution < 1.29 is 40.3 Å². The standard InChI is InChI=1S/C19H12F7N3O2/c1-31-15-6-5-11(8-14(15)20)28-17(30)13-9-27-29(16(13)19(24,25)26)12-4-2-3-10(7-12)18(21,22)23/h2-9H,1H3,(H,28,30). The molecular formula is C19H12F7N3O2. The lowest BCUT2D eigenvalue weighted by Crippen LogP contribution is -2.21. The van der Waals surface area contributed by atoms with Gasteiger partial charge in [-0.1, -0.05) is 6.07 Å². The fourth-order valence-electron chi connectivity index (χ4n) is 2.74. The van der Waals surface area contributed by atoms with Crippen LogP contribution in [0.5, 0.6) is 5.75 Å². The van der Waals surface area contributed by atoms with Crippen LogP contribution in [0.4, 0.5) is 36.4 Å². The second-order valence-corrected chi connectivity index (χ2v) is 6.17. The first kappa shape index (κ1) is 22.1. The lowest BCUT2D eigenvalue weighted by atomic mass is 10.1. The molecule has 0 aliphatic heterocycles. The predicted octanol–water partition coefficient (Wildman–Crippen LogP) is 5.31. The molecule has 3 rings (SSSR count). The average Bonchev–Trinajstić information content (AvgIpc) is 3.13. The van der Waals surface area contributed by atoms with Crippen LogP contribution in [0, 0.1) is 5.82 Å². The molecule has 0 saturated carbocycles. The van der Waals surface area contributed by atoms with Crippen LogP contribution in [-0.4, -0.2) is 22.8 Å². The van der Waals surface area contributed by atoms with E-state index in [2.05, 4.69) is 10.4 Å². The number of methoxy groups -OCH3 is 1. The number of carbonyl (C=O) groups excluding carboxylic acids is 1. The number of rotatable bonds is 4. The van der Waals surface area contributed by atoms with Gasteiger partial charge in [0.1, 0.15) is 0 Å². The molecule has 31 heavy (non-hydrogen) atoms. The van der Waals surface area contributed by atoms with Crippen molar-refractivity contribution >= 4 is 11.6 Å². The van der Waals surface area contributed by atoms with Gasteiger partial charge in [-0.15, -0.1) is 0 Å². The molecule has 164 valence electrons. The maximum absolute atomic E-state index is 13.8. The normalized spacial score (nSPS) is 12.0. The smallest absolute Gasteiger partial charge is 0.434 e. The lowest BCUT2D eigenvalue weighted by Gasteiger charge is -2.14. The third-order valence-corrected chi connectivity index (χ3v) is 4.11. The summed E-state index contributed by atoms with van der Waals surface area (Å²) in [6.07, 6.45) is -9.36. The quantitative estimate of drug-likeness (QED) is 0.552. The molecule has 0 aliphatic carbocycles. The van der Waals surface area contributed by atoms with Crippen molar-refractivity contribution in [3.8, 4) is 11.4 Å². The van der Waals surface area contributed by atoms with E-state index in [0.29, 0.717) is 18.3 Å². The van der Waals surface area contributed by atoms with Crippen molar-refractivity contribution in [3.05, 3.63) is 71.3 Å². The van der Waals surface area contributed by atoms with Crippen molar-refractivity contribution in [1.29, 1.82) is 0 Å². The minimum Gasteiger partial charge on any atom is -0.494 e. The largest absolute Gasteiger partial charge is 0.494 e. The van der Waals surface area contributed by atoms with Gasteiger partial charge in [0.15, 0.2) is 17.3 Å². The monoisotopic (exact) mass is 447 g/mol. The third kappa shape index (κ3) is 4.62. The number of alkyl halides is 6. The lowest BCUT2D eigenvalue weighted by molar-refractivity contribution is -0.143. The van der Waals surface area contributed by atoms with E-state index in [1.54, 1.807) is 0 Å². The Morgan fingerprint density at radius 1 is 1.03 bits per heavy atom. The van der Waals surface area contributed by atoms with E-state index in [1.165, 1.54) is 13.2 Å². The molecule has 0 aliphatic rings. The Bertz CT molecular complexity index is 1120. The van der Waals surface area contributed by atoms with Crippen LogP contribution in [0.3, 0.4) is 0 Å². The molecule has 12 heteroatoms. The van der Waals surface area contributed by atoms with E-state index in [-0.39, 0.29) is 16.1 Å². The Morgan fingerprint density at radius 2 is 1.74 bits per heavy atom. The van der Waals surface area contributed by atoms with Crippen molar-refractivity contribution in [2.45, 2.75) is 12.4 Å². The number of hydrogen-bond donors (Lipinski definition) is 1. The van der Waals surface area contributed by atoms with Crippen molar-refractivity contribution in [1.82, 2.24) is 9.78 Å². The number of amides is 1. The maximum atomic E-state index is 13.8.